The van der Waals surface area contributed by atoms with Gasteiger partial charge in [-0.1, -0.05) is 37.4 Å². The Kier molecular flexibility index (Phi) is 8.65. The molecule has 0 fully saturated rings. The third-order valence-electron chi connectivity index (χ3n) is 4.49. The fourth-order valence-corrected chi connectivity index (χ4v) is 3.11. The van der Waals surface area contributed by atoms with Gasteiger partial charge in [-0.25, -0.2) is 0 Å². The van der Waals surface area contributed by atoms with Crippen molar-refractivity contribution < 1.29 is 14.4 Å². The number of hydrogen-bond acceptors (Lipinski definition) is 3. The molecule has 0 aromatic heterocycles. The average molecular weight is 440 g/mol. The smallest absolute Gasteiger partial charge is 0.251 e. The molecule has 2 N–H and O–H groups in total. The van der Waals surface area contributed by atoms with Gasteiger partial charge in [0.05, 0.1) is 6.54 Å². The lowest BCUT2D eigenvalue weighted by Gasteiger charge is -2.25. The van der Waals surface area contributed by atoms with Crippen LogP contribution in [0.5, 0.6) is 0 Å². The summed E-state index contributed by atoms with van der Waals surface area (Å²) >= 11 is 5.87. The number of rotatable bonds is 8. The molecule has 0 aliphatic heterocycles. The average Bonchev–Trinajstić information content (AvgIpc) is 2.72. The number of nitrogens with one attached hydrogen (secondary N) is 2. The Bertz CT molecular complexity index is 980. The van der Waals surface area contributed by atoms with Crippen LogP contribution in [0.4, 0.5) is 5.69 Å². The summed E-state index contributed by atoms with van der Waals surface area (Å²) in [7, 11) is 1.53. The molecule has 0 spiro atoms. The van der Waals surface area contributed by atoms with Crippen molar-refractivity contribution in [2.75, 3.05) is 18.9 Å². The van der Waals surface area contributed by atoms with Gasteiger partial charge in [-0.2, -0.15) is 0 Å². The third-order valence-corrected chi connectivity index (χ3v) is 4.74. The van der Waals surface area contributed by atoms with Crippen molar-refractivity contribution in [3.05, 3.63) is 64.7 Å². The first-order chi connectivity index (χ1) is 14.7. The summed E-state index contributed by atoms with van der Waals surface area (Å²) in [6.45, 7) is 3.75. The summed E-state index contributed by atoms with van der Waals surface area (Å²) in [4.78, 5) is 39.2. The zero-order chi connectivity index (χ0) is 23.0. The second-order valence-corrected chi connectivity index (χ2v) is 8.07. The van der Waals surface area contributed by atoms with E-state index in [1.54, 1.807) is 48.5 Å². The number of amides is 3. The minimum Gasteiger partial charge on any atom is -0.340 e. The van der Waals surface area contributed by atoms with Crippen molar-refractivity contribution >= 4 is 35.0 Å². The zero-order valence-electron chi connectivity index (χ0n) is 17.8. The lowest BCUT2D eigenvalue weighted by atomic mass is 10.0. The van der Waals surface area contributed by atoms with E-state index in [0.717, 1.165) is 0 Å². The topological polar surface area (TPSA) is 78.5 Å². The normalized spacial score (nSPS) is 11.4. The summed E-state index contributed by atoms with van der Waals surface area (Å²) in [6, 6.07) is 12.5. The minimum atomic E-state index is -0.759. The Morgan fingerprint density at radius 3 is 2.42 bits per heavy atom. The maximum absolute atomic E-state index is 13.0. The van der Waals surface area contributed by atoms with E-state index < -0.39 is 6.04 Å². The van der Waals surface area contributed by atoms with Crippen LogP contribution in [0.1, 0.15) is 36.2 Å². The zero-order valence-corrected chi connectivity index (χ0v) is 18.6. The number of likely N-dealkylation sites (N-methyl/N-ethyl adjacent to an activating group) is 1. The van der Waals surface area contributed by atoms with Crippen LogP contribution >= 0.6 is 11.6 Å². The van der Waals surface area contributed by atoms with E-state index >= 15 is 0 Å². The first kappa shape index (κ1) is 24.0. The molecule has 7 heteroatoms. The highest BCUT2D eigenvalue weighted by Gasteiger charge is 2.26. The largest absolute Gasteiger partial charge is 0.340 e. The first-order valence-electron chi connectivity index (χ1n) is 9.87. The van der Waals surface area contributed by atoms with Crippen molar-refractivity contribution in [1.29, 1.82) is 0 Å². The van der Waals surface area contributed by atoms with E-state index in [1.165, 1.54) is 11.9 Å². The second kappa shape index (κ2) is 11.2. The van der Waals surface area contributed by atoms with Gasteiger partial charge < -0.3 is 15.5 Å². The number of carbonyl (C=O) groups is 3. The van der Waals surface area contributed by atoms with Gasteiger partial charge in [-0.15, -0.1) is 6.42 Å². The number of halogens is 1. The highest BCUT2D eigenvalue weighted by molar-refractivity contribution is 6.30. The van der Waals surface area contributed by atoms with Crippen molar-refractivity contribution in [3.8, 4) is 12.3 Å². The predicted octanol–water partition coefficient (Wildman–Crippen LogP) is 3.56. The maximum Gasteiger partial charge on any atom is 0.251 e. The molecule has 162 valence electrons. The van der Waals surface area contributed by atoms with Gasteiger partial charge in [0.1, 0.15) is 6.04 Å². The number of carbonyl (C=O) groups excluding carboxylic acids is 3. The Morgan fingerprint density at radius 2 is 1.81 bits per heavy atom. The van der Waals surface area contributed by atoms with Gasteiger partial charge in [0.15, 0.2) is 0 Å². The van der Waals surface area contributed by atoms with Crippen LogP contribution in [0.2, 0.25) is 5.02 Å². The summed E-state index contributed by atoms with van der Waals surface area (Å²) in [6.07, 6.45) is 5.81. The van der Waals surface area contributed by atoms with E-state index in [0.29, 0.717) is 28.3 Å². The fraction of sp³-hybridized carbons (Fsp3) is 0.292. The first-order valence-corrected chi connectivity index (χ1v) is 10.2. The van der Waals surface area contributed by atoms with E-state index in [2.05, 4.69) is 16.6 Å². The number of nitrogens with zero attached hydrogens (tertiary/aromatic N) is 1. The quantitative estimate of drug-likeness (QED) is 0.617. The van der Waals surface area contributed by atoms with Crippen LogP contribution in [-0.2, 0) is 9.59 Å². The molecule has 0 aliphatic carbocycles. The molecule has 31 heavy (non-hydrogen) atoms. The van der Waals surface area contributed by atoms with E-state index in [1.807, 2.05) is 13.8 Å². The Morgan fingerprint density at radius 1 is 1.13 bits per heavy atom. The monoisotopic (exact) mass is 439 g/mol. The Balaban J connectivity index is 2.03. The Labute approximate surface area is 188 Å². The molecule has 2 aromatic carbocycles. The predicted molar refractivity (Wildman–Crippen MR) is 123 cm³/mol. The minimum absolute atomic E-state index is 0.160. The summed E-state index contributed by atoms with van der Waals surface area (Å²) in [5.41, 5.74) is 1.60. The van der Waals surface area contributed by atoms with Crippen LogP contribution < -0.4 is 10.6 Å². The van der Waals surface area contributed by atoms with Crippen LogP contribution in [0.15, 0.2) is 48.5 Å². The highest BCUT2D eigenvalue weighted by Crippen LogP contribution is 2.13. The fourth-order valence-electron chi connectivity index (χ4n) is 2.98. The molecule has 3 amide bonds. The van der Waals surface area contributed by atoms with Gasteiger partial charge in [0, 0.05) is 28.9 Å². The van der Waals surface area contributed by atoms with Gasteiger partial charge >= 0.3 is 0 Å². The third kappa shape index (κ3) is 7.47. The van der Waals surface area contributed by atoms with Gasteiger partial charge in [-0.05, 0) is 54.8 Å². The molecular formula is C24H26ClN3O3. The van der Waals surface area contributed by atoms with Gasteiger partial charge in [0.25, 0.3) is 5.91 Å². The van der Waals surface area contributed by atoms with Crippen molar-refractivity contribution in [3.63, 3.8) is 0 Å². The summed E-state index contributed by atoms with van der Waals surface area (Å²) < 4.78 is 0. The lowest BCUT2D eigenvalue weighted by Crippen LogP contribution is -2.49. The SMILES string of the molecule is C#Cc1cccc(NC(=O)CN(C)C(=O)C(CC(C)C)NC(=O)c2ccc(Cl)cc2)c1. The van der Waals surface area contributed by atoms with Crippen molar-refractivity contribution in [1.82, 2.24) is 10.2 Å². The van der Waals surface area contributed by atoms with Crippen LogP contribution in [0, 0.1) is 18.3 Å². The summed E-state index contributed by atoms with van der Waals surface area (Å²) in [5.74, 6) is 1.58. The second-order valence-electron chi connectivity index (χ2n) is 7.63. The van der Waals surface area contributed by atoms with Gasteiger partial charge in [-0.3, -0.25) is 14.4 Å². The number of terminal acetylenes is 1. The van der Waals surface area contributed by atoms with Crippen LogP contribution in [0.3, 0.4) is 0 Å². The molecule has 0 heterocycles. The van der Waals surface area contributed by atoms with Crippen molar-refractivity contribution in [2.45, 2.75) is 26.3 Å². The van der Waals surface area contributed by atoms with Crippen LogP contribution in [0.25, 0.3) is 0 Å². The molecule has 2 aromatic rings. The molecular weight excluding hydrogens is 414 g/mol. The maximum atomic E-state index is 13.0. The molecule has 0 bridgehead atoms. The number of benzene rings is 2. The molecule has 1 unspecified atom stereocenters. The molecule has 0 saturated carbocycles. The van der Waals surface area contributed by atoms with E-state index in [-0.39, 0.29) is 30.2 Å². The Hall–Kier alpha value is -3.30. The van der Waals surface area contributed by atoms with E-state index in [9.17, 15) is 14.4 Å². The molecule has 0 aliphatic rings. The number of hydrogen-bond donors (Lipinski definition) is 2. The standard InChI is InChI=1S/C24H26ClN3O3/c1-5-17-7-6-8-20(14-17)26-22(29)15-28(4)24(31)21(13-16(2)3)27-23(30)18-9-11-19(25)12-10-18/h1,6-12,14,16,21H,13,15H2,2-4H3,(H,26,29)(H,27,30). The van der Waals surface area contributed by atoms with Crippen LogP contribution in [-0.4, -0.2) is 42.3 Å². The molecule has 2 rings (SSSR count). The molecule has 1 atom stereocenters. The highest BCUT2D eigenvalue weighted by atomic mass is 35.5. The van der Waals surface area contributed by atoms with Crippen molar-refractivity contribution in [2.24, 2.45) is 5.92 Å². The molecule has 0 radical (unpaired) electrons. The summed E-state index contributed by atoms with van der Waals surface area (Å²) in [5, 5.41) is 6.02. The molecule has 6 nitrogen and oxygen atoms in total. The molecule has 0 saturated heterocycles. The van der Waals surface area contributed by atoms with E-state index in [4.69, 9.17) is 18.0 Å². The van der Waals surface area contributed by atoms with Gasteiger partial charge in [0.2, 0.25) is 11.8 Å². The lowest BCUT2D eigenvalue weighted by molar-refractivity contribution is -0.135. The number of anilines is 1.